The molecule has 0 aliphatic carbocycles. The van der Waals surface area contributed by atoms with Gasteiger partial charge in [-0.2, -0.15) is 0 Å². The van der Waals surface area contributed by atoms with Gasteiger partial charge in [-0.25, -0.2) is 9.97 Å². The second-order valence-corrected chi connectivity index (χ2v) is 8.48. The van der Waals surface area contributed by atoms with Gasteiger partial charge in [0, 0.05) is 63.2 Å². The van der Waals surface area contributed by atoms with E-state index in [0.29, 0.717) is 12.3 Å². The Bertz CT molecular complexity index is 828. The maximum atomic E-state index is 12.4. The Morgan fingerprint density at radius 3 is 2.71 bits per heavy atom. The fourth-order valence-corrected chi connectivity index (χ4v) is 4.27. The number of carbonyl (C=O) groups is 1. The van der Waals surface area contributed by atoms with Gasteiger partial charge >= 0.3 is 0 Å². The third-order valence-corrected chi connectivity index (χ3v) is 6.01. The minimum atomic E-state index is 0.157. The number of imidazole rings is 1. The molecule has 0 unspecified atom stereocenters. The quantitative estimate of drug-likeness (QED) is 0.749. The first-order chi connectivity index (χ1) is 13.5. The number of carbonyl (C=O) groups excluding carboxylic acids is 1. The lowest BCUT2D eigenvalue weighted by atomic mass is 9.77. The molecule has 6 nitrogen and oxygen atoms in total. The van der Waals surface area contributed by atoms with Gasteiger partial charge in [-0.1, -0.05) is 17.7 Å². The predicted molar refractivity (Wildman–Crippen MR) is 110 cm³/mol. The second kappa shape index (κ2) is 7.78. The molecular weight excluding hydrogens is 350 g/mol. The number of pyridine rings is 1. The number of hydrogen-bond acceptors (Lipinski definition) is 4. The first kappa shape index (κ1) is 18.7. The Morgan fingerprint density at radius 1 is 1.25 bits per heavy atom. The summed E-state index contributed by atoms with van der Waals surface area (Å²) in [6, 6.07) is 4.26. The van der Waals surface area contributed by atoms with Gasteiger partial charge in [0.15, 0.2) is 0 Å². The molecule has 2 saturated heterocycles. The van der Waals surface area contributed by atoms with Gasteiger partial charge in [-0.05, 0) is 38.3 Å². The number of rotatable bonds is 5. The van der Waals surface area contributed by atoms with Crippen LogP contribution in [0.1, 0.15) is 38.7 Å². The van der Waals surface area contributed by atoms with E-state index in [9.17, 15) is 4.79 Å². The Labute approximate surface area is 166 Å². The molecule has 4 heterocycles. The Hall–Kier alpha value is -2.63. The van der Waals surface area contributed by atoms with E-state index in [1.54, 1.807) is 6.20 Å². The highest BCUT2D eigenvalue weighted by Crippen LogP contribution is 2.41. The van der Waals surface area contributed by atoms with Gasteiger partial charge in [0.2, 0.25) is 5.91 Å². The van der Waals surface area contributed by atoms with E-state index in [-0.39, 0.29) is 5.41 Å². The number of amides is 1. The van der Waals surface area contributed by atoms with E-state index in [1.807, 2.05) is 28.2 Å². The highest BCUT2D eigenvalue weighted by Gasteiger charge is 2.44. The molecule has 6 heteroatoms. The normalized spacial score (nSPS) is 18.7. The molecule has 0 aromatic carbocycles. The van der Waals surface area contributed by atoms with Crippen LogP contribution in [0.5, 0.6) is 0 Å². The molecule has 0 atom stereocenters. The fourth-order valence-electron chi connectivity index (χ4n) is 4.27. The van der Waals surface area contributed by atoms with Crippen molar-refractivity contribution < 1.29 is 4.79 Å². The summed E-state index contributed by atoms with van der Waals surface area (Å²) < 4.78 is 2.04. The van der Waals surface area contributed by atoms with Gasteiger partial charge in [-0.3, -0.25) is 4.79 Å². The molecule has 0 saturated carbocycles. The number of hydrogen-bond donors (Lipinski definition) is 0. The number of piperidine rings is 1. The first-order valence-electron chi connectivity index (χ1n) is 10.1. The summed E-state index contributed by atoms with van der Waals surface area (Å²) in [6.07, 6.45) is 12.5. The molecule has 1 amide bonds. The Morgan fingerprint density at radius 2 is 2.07 bits per heavy atom. The van der Waals surface area contributed by atoms with Crippen LogP contribution >= 0.6 is 0 Å². The topological polar surface area (TPSA) is 54.3 Å². The van der Waals surface area contributed by atoms with E-state index in [4.69, 9.17) is 0 Å². The molecule has 0 N–H and O–H groups in total. The summed E-state index contributed by atoms with van der Waals surface area (Å²) in [6.45, 7) is 8.56. The summed E-state index contributed by atoms with van der Waals surface area (Å²) in [5.74, 6) is 1.35. The van der Waals surface area contributed by atoms with Crippen LogP contribution in [0.25, 0.3) is 0 Å². The van der Waals surface area contributed by atoms with Crippen molar-refractivity contribution in [3.8, 4) is 0 Å². The summed E-state index contributed by atoms with van der Waals surface area (Å²) in [4.78, 5) is 25.6. The Balaban J connectivity index is 1.34. The molecule has 4 rings (SSSR count). The summed E-state index contributed by atoms with van der Waals surface area (Å²) in [5.41, 5.74) is 2.60. The first-order valence-corrected chi connectivity index (χ1v) is 10.1. The standard InChI is InChI=1S/C22H29N5O/c1-18(2)5-9-27-16-22(13-21(27)28)6-10-26(11-7-22)20-4-3-19(14-24-20)15-25-12-8-23-17-25/h3-5,8,12,14,17H,6-7,9-11,13,15-16H2,1-2H3. The van der Waals surface area contributed by atoms with Crippen LogP contribution in [0.4, 0.5) is 5.82 Å². The zero-order chi connectivity index (χ0) is 19.6. The lowest BCUT2D eigenvalue weighted by Crippen LogP contribution is -2.42. The van der Waals surface area contributed by atoms with E-state index < -0.39 is 0 Å². The molecule has 2 aromatic rings. The average molecular weight is 380 g/mol. The average Bonchev–Trinajstić information content (AvgIpc) is 3.29. The molecule has 2 aliphatic rings. The minimum Gasteiger partial charge on any atom is -0.357 e. The third kappa shape index (κ3) is 4.11. The van der Waals surface area contributed by atoms with Crippen LogP contribution in [-0.4, -0.2) is 51.5 Å². The number of anilines is 1. The monoisotopic (exact) mass is 379 g/mol. The van der Waals surface area contributed by atoms with Gasteiger partial charge in [-0.15, -0.1) is 0 Å². The summed E-state index contributed by atoms with van der Waals surface area (Å²) in [5, 5.41) is 0. The summed E-state index contributed by atoms with van der Waals surface area (Å²) in [7, 11) is 0. The van der Waals surface area contributed by atoms with Gasteiger partial charge in [0.05, 0.1) is 6.33 Å². The van der Waals surface area contributed by atoms with Gasteiger partial charge in [0.1, 0.15) is 5.82 Å². The van der Waals surface area contributed by atoms with Crippen molar-refractivity contribution in [2.45, 2.75) is 39.7 Å². The zero-order valence-corrected chi connectivity index (χ0v) is 16.8. The summed E-state index contributed by atoms with van der Waals surface area (Å²) >= 11 is 0. The molecule has 2 aliphatic heterocycles. The van der Waals surface area contributed by atoms with Crippen molar-refractivity contribution in [1.29, 1.82) is 0 Å². The van der Waals surface area contributed by atoms with Crippen molar-refractivity contribution in [1.82, 2.24) is 19.4 Å². The van der Waals surface area contributed by atoms with E-state index in [2.05, 4.69) is 46.9 Å². The molecule has 28 heavy (non-hydrogen) atoms. The number of likely N-dealkylation sites (tertiary alicyclic amines) is 1. The smallest absolute Gasteiger partial charge is 0.223 e. The van der Waals surface area contributed by atoms with E-state index in [1.165, 1.54) is 11.1 Å². The predicted octanol–water partition coefficient (Wildman–Crippen LogP) is 3.11. The molecular formula is C22H29N5O. The number of nitrogens with zero attached hydrogens (tertiary/aromatic N) is 5. The SMILES string of the molecule is CC(C)=CCN1CC2(CCN(c3ccc(Cn4ccnc4)cn3)CC2)CC1=O. The van der Waals surface area contributed by atoms with E-state index in [0.717, 1.165) is 51.4 Å². The highest BCUT2D eigenvalue weighted by molar-refractivity contribution is 5.79. The lowest BCUT2D eigenvalue weighted by molar-refractivity contribution is -0.127. The number of allylic oxidation sites excluding steroid dienone is 1. The number of aromatic nitrogens is 3. The molecule has 2 aromatic heterocycles. The molecule has 0 radical (unpaired) electrons. The molecule has 148 valence electrons. The van der Waals surface area contributed by atoms with E-state index >= 15 is 0 Å². The molecule has 0 bridgehead atoms. The van der Waals surface area contributed by atoms with Gasteiger partial charge < -0.3 is 14.4 Å². The highest BCUT2D eigenvalue weighted by atomic mass is 16.2. The maximum Gasteiger partial charge on any atom is 0.223 e. The minimum absolute atomic E-state index is 0.157. The van der Waals surface area contributed by atoms with Crippen molar-refractivity contribution in [2.24, 2.45) is 5.41 Å². The zero-order valence-electron chi connectivity index (χ0n) is 16.8. The Kier molecular flexibility index (Phi) is 5.20. The van der Waals surface area contributed by atoms with Crippen LogP contribution in [0.3, 0.4) is 0 Å². The van der Waals surface area contributed by atoms with Crippen molar-refractivity contribution in [2.75, 3.05) is 31.1 Å². The van der Waals surface area contributed by atoms with Crippen molar-refractivity contribution in [3.05, 3.63) is 54.3 Å². The fraction of sp³-hybridized carbons (Fsp3) is 0.500. The second-order valence-electron chi connectivity index (χ2n) is 8.48. The van der Waals surface area contributed by atoms with Gasteiger partial charge in [0.25, 0.3) is 0 Å². The maximum absolute atomic E-state index is 12.4. The van der Waals surface area contributed by atoms with Crippen molar-refractivity contribution in [3.63, 3.8) is 0 Å². The van der Waals surface area contributed by atoms with Crippen LogP contribution < -0.4 is 4.90 Å². The van der Waals surface area contributed by atoms with Crippen LogP contribution in [0, 0.1) is 5.41 Å². The molecule has 1 spiro atoms. The molecule has 2 fully saturated rings. The van der Waals surface area contributed by atoms with Crippen molar-refractivity contribution >= 4 is 11.7 Å². The lowest BCUT2D eigenvalue weighted by Gasteiger charge is -2.39. The third-order valence-electron chi connectivity index (χ3n) is 6.01. The van der Waals surface area contributed by atoms with Crippen LogP contribution in [0.2, 0.25) is 0 Å². The van der Waals surface area contributed by atoms with Crippen LogP contribution in [-0.2, 0) is 11.3 Å². The van der Waals surface area contributed by atoms with Crippen LogP contribution in [0.15, 0.2) is 48.7 Å². The largest absolute Gasteiger partial charge is 0.357 e.